The number of anilines is 1. The fourth-order valence-electron chi connectivity index (χ4n) is 2.55. The number of aryl methyl sites for hydroxylation is 2. The lowest BCUT2D eigenvalue weighted by Crippen LogP contribution is -2.30. The second kappa shape index (κ2) is 4.50. The Bertz CT molecular complexity index is 649. The maximum absolute atomic E-state index is 11.7. The highest BCUT2D eigenvalue weighted by atomic mass is 16.2. The molecule has 3 rings (SSSR count). The monoisotopic (exact) mass is 252 g/mol. The number of pyridine rings is 1. The summed E-state index contributed by atoms with van der Waals surface area (Å²) in [5.41, 5.74) is 5.71. The Balaban J connectivity index is 2.05. The third-order valence-electron chi connectivity index (χ3n) is 3.63. The molecule has 19 heavy (non-hydrogen) atoms. The number of nitrogens with zero attached hydrogens (tertiary/aromatic N) is 2. The molecule has 1 amide bonds. The van der Waals surface area contributed by atoms with Crippen LogP contribution in [0.2, 0.25) is 0 Å². The van der Waals surface area contributed by atoms with Gasteiger partial charge in [0.1, 0.15) is 0 Å². The van der Waals surface area contributed by atoms with E-state index in [1.54, 1.807) is 4.90 Å². The van der Waals surface area contributed by atoms with Crippen molar-refractivity contribution in [3.05, 3.63) is 47.8 Å². The molecular weight excluding hydrogens is 236 g/mol. The molecule has 3 nitrogen and oxygen atoms in total. The highest BCUT2D eigenvalue weighted by Gasteiger charge is 2.20. The molecule has 0 aliphatic carbocycles. The van der Waals surface area contributed by atoms with E-state index in [4.69, 9.17) is 0 Å². The van der Waals surface area contributed by atoms with Crippen LogP contribution in [0, 0.1) is 6.92 Å². The van der Waals surface area contributed by atoms with E-state index in [9.17, 15) is 4.79 Å². The lowest BCUT2D eigenvalue weighted by atomic mass is 9.96. The predicted octanol–water partition coefficient (Wildman–Crippen LogP) is 2.97. The van der Waals surface area contributed by atoms with Gasteiger partial charge in [0, 0.05) is 37.1 Å². The maximum Gasteiger partial charge on any atom is 0.227 e. The van der Waals surface area contributed by atoms with E-state index in [0.717, 1.165) is 28.8 Å². The highest BCUT2D eigenvalue weighted by Crippen LogP contribution is 2.31. The first-order chi connectivity index (χ1) is 9.15. The first kappa shape index (κ1) is 11.9. The number of carbonyl (C=O) groups is 1. The van der Waals surface area contributed by atoms with Crippen LogP contribution in [0.4, 0.5) is 5.69 Å². The molecule has 1 aromatic carbocycles. The van der Waals surface area contributed by atoms with E-state index in [0.29, 0.717) is 6.42 Å². The minimum Gasteiger partial charge on any atom is -0.315 e. The number of fused-ring (bicyclic) bond motifs is 1. The molecule has 0 atom stereocenters. The lowest BCUT2D eigenvalue weighted by Gasteiger charge is -2.26. The van der Waals surface area contributed by atoms with Gasteiger partial charge in [0.2, 0.25) is 5.91 Å². The van der Waals surface area contributed by atoms with Gasteiger partial charge >= 0.3 is 0 Å². The Morgan fingerprint density at radius 3 is 2.74 bits per heavy atom. The number of carbonyl (C=O) groups excluding carboxylic acids is 1. The Labute approximate surface area is 112 Å². The minimum absolute atomic E-state index is 0.192. The largest absolute Gasteiger partial charge is 0.315 e. The molecule has 0 spiro atoms. The normalized spacial score (nSPS) is 14.4. The van der Waals surface area contributed by atoms with E-state index in [1.807, 2.05) is 32.4 Å². The summed E-state index contributed by atoms with van der Waals surface area (Å²) in [6.07, 6.45) is 5.16. The van der Waals surface area contributed by atoms with Crippen molar-refractivity contribution in [2.24, 2.45) is 0 Å². The van der Waals surface area contributed by atoms with E-state index in [2.05, 4.69) is 23.2 Å². The van der Waals surface area contributed by atoms with Gasteiger partial charge in [-0.15, -0.1) is 0 Å². The van der Waals surface area contributed by atoms with Crippen molar-refractivity contribution >= 4 is 11.6 Å². The number of rotatable bonds is 1. The van der Waals surface area contributed by atoms with Crippen molar-refractivity contribution in [2.75, 3.05) is 11.9 Å². The van der Waals surface area contributed by atoms with Crippen LogP contribution in [0.5, 0.6) is 0 Å². The van der Waals surface area contributed by atoms with Gasteiger partial charge in [0.15, 0.2) is 0 Å². The third-order valence-corrected chi connectivity index (χ3v) is 3.63. The van der Waals surface area contributed by atoms with Crippen molar-refractivity contribution in [3.8, 4) is 11.1 Å². The molecule has 96 valence electrons. The quantitative estimate of drug-likeness (QED) is 0.781. The van der Waals surface area contributed by atoms with E-state index in [1.165, 1.54) is 5.56 Å². The topological polar surface area (TPSA) is 33.2 Å². The molecule has 0 fully saturated rings. The highest BCUT2D eigenvalue weighted by molar-refractivity contribution is 5.96. The molecule has 0 bridgehead atoms. The molecule has 2 heterocycles. The molecule has 0 radical (unpaired) electrons. The van der Waals surface area contributed by atoms with Gasteiger partial charge in [0.05, 0.1) is 0 Å². The lowest BCUT2D eigenvalue weighted by molar-refractivity contribution is -0.118. The first-order valence-electron chi connectivity index (χ1n) is 6.46. The van der Waals surface area contributed by atoms with Gasteiger partial charge in [-0.05, 0) is 48.2 Å². The standard InChI is InChI=1S/C16H16N2O/c1-11-7-14(10-17-9-11)12-3-5-15-13(8-12)4-6-16(19)18(15)2/h3,5,7-10H,4,6H2,1-2H3. The molecule has 0 saturated heterocycles. The van der Waals surface area contributed by atoms with Gasteiger partial charge in [0.25, 0.3) is 0 Å². The summed E-state index contributed by atoms with van der Waals surface area (Å²) in [6, 6.07) is 8.40. The summed E-state index contributed by atoms with van der Waals surface area (Å²) >= 11 is 0. The molecule has 0 saturated carbocycles. The van der Waals surface area contributed by atoms with Crippen LogP contribution in [0.25, 0.3) is 11.1 Å². The molecule has 3 heteroatoms. The zero-order valence-electron chi connectivity index (χ0n) is 11.2. The average Bonchev–Trinajstić information content (AvgIpc) is 2.43. The zero-order chi connectivity index (χ0) is 13.4. The summed E-state index contributed by atoms with van der Waals surface area (Å²) in [5, 5.41) is 0. The van der Waals surface area contributed by atoms with Crippen LogP contribution in [0.1, 0.15) is 17.5 Å². The minimum atomic E-state index is 0.192. The SMILES string of the molecule is Cc1cncc(-c2ccc3c(c2)CCC(=O)N3C)c1. The van der Waals surface area contributed by atoms with Gasteiger partial charge < -0.3 is 4.90 Å². The van der Waals surface area contributed by atoms with Crippen molar-refractivity contribution in [2.45, 2.75) is 19.8 Å². The van der Waals surface area contributed by atoms with Crippen LogP contribution in [0.15, 0.2) is 36.7 Å². The van der Waals surface area contributed by atoms with Crippen LogP contribution in [0.3, 0.4) is 0 Å². The van der Waals surface area contributed by atoms with E-state index >= 15 is 0 Å². The van der Waals surface area contributed by atoms with Crippen LogP contribution in [-0.4, -0.2) is 17.9 Å². The van der Waals surface area contributed by atoms with Crippen LogP contribution >= 0.6 is 0 Å². The summed E-state index contributed by atoms with van der Waals surface area (Å²) in [4.78, 5) is 17.7. The van der Waals surface area contributed by atoms with Crippen molar-refractivity contribution in [1.29, 1.82) is 0 Å². The van der Waals surface area contributed by atoms with Crippen molar-refractivity contribution < 1.29 is 4.79 Å². The summed E-state index contributed by atoms with van der Waals surface area (Å²) in [6.45, 7) is 2.04. The maximum atomic E-state index is 11.7. The van der Waals surface area contributed by atoms with E-state index in [-0.39, 0.29) is 5.91 Å². The van der Waals surface area contributed by atoms with Gasteiger partial charge in [-0.3, -0.25) is 9.78 Å². The molecular formula is C16H16N2O. The molecule has 1 aromatic heterocycles. The van der Waals surface area contributed by atoms with Gasteiger partial charge in [-0.25, -0.2) is 0 Å². The Morgan fingerprint density at radius 1 is 1.11 bits per heavy atom. The average molecular weight is 252 g/mol. The molecule has 0 N–H and O–H groups in total. The summed E-state index contributed by atoms with van der Waals surface area (Å²) in [7, 11) is 1.84. The third kappa shape index (κ3) is 2.12. The fourth-order valence-corrected chi connectivity index (χ4v) is 2.55. The second-order valence-electron chi connectivity index (χ2n) is 5.05. The first-order valence-corrected chi connectivity index (χ1v) is 6.46. The Morgan fingerprint density at radius 2 is 1.95 bits per heavy atom. The number of amides is 1. The smallest absolute Gasteiger partial charge is 0.227 e. The van der Waals surface area contributed by atoms with Crippen LogP contribution < -0.4 is 4.90 Å². The van der Waals surface area contributed by atoms with Crippen molar-refractivity contribution in [3.63, 3.8) is 0 Å². The zero-order valence-corrected chi connectivity index (χ0v) is 11.2. The number of aromatic nitrogens is 1. The summed E-state index contributed by atoms with van der Waals surface area (Å²) < 4.78 is 0. The molecule has 1 aliphatic rings. The van der Waals surface area contributed by atoms with Crippen LogP contribution in [-0.2, 0) is 11.2 Å². The Hall–Kier alpha value is -2.16. The van der Waals surface area contributed by atoms with Crippen molar-refractivity contribution in [1.82, 2.24) is 4.98 Å². The van der Waals surface area contributed by atoms with Gasteiger partial charge in [-0.2, -0.15) is 0 Å². The summed E-state index contributed by atoms with van der Waals surface area (Å²) in [5.74, 6) is 0.192. The predicted molar refractivity (Wildman–Crippen MR) is 76.1 cm³/mol. The number of hydrogen-bond acceptors (Lipinski definition) is 2. The van der Waals surface area contributed by atoms with Gasteiger partial charge in [-0.1, -0.05) is 6.07 Å². The number of hydrogen-bond donors (Lipinski definition) is 0. The Kier molecular flexibility index (Phi) is 2.82. The second-order valence-corrected chi connectivity index (χ2v) is 5.05. The molecule has 0 unspecified atom stereocenters. The number of benzene rings is 1. The van der Waals surface area contributed by atoms with E-state index < -0.39 is 0 Å². The fraction of sp³-hybridized carbons (Fsp3) is 0.250. The molecule has 1 aliphatic heterocycles. The molecule has 2 aromatic rings.